The number of nitrogens with zero attached hydrogens (tertiary/aromatic N) is 7. The van der Waals surface area contributed by atoms with E-state index in [1.54, 1.807) is 34.2 Å². The maximum Gasteiger partial charge on any atom is 0.297 e. The van der Waals surface area contributed by atoms with Crippen LogP contribution < -0.4 is 10.9 Å². The number of hydrogen-bond acceptors (Lipinski definition) is 6. The molecular formula is C21H27N9O2. The highest BCUT2D eigenvalue weighted by Gasteiger charge is 2.22. The first-order chi connectivity index (χ1) is 15.2. The van der Waals surface area contributed by atoms with Crippen LogP contribution in [0.5, 0.6) is 0 Å². The Balaban J connectivity index is 1.69. The Morgan fingerprint density at radius 1 is 1.22 bits per heavy atom. The molecule has 0 aliphatic heterocycles. The molecule has 4 rings (SSSR count). The van der Waals surface area contributed by atoms with Crippen molar-refractivity contribution in [2.24, 2.45) is 5.41 Å². The maximum absolute atomic E-state index is 13.2. The molecule has 11 heteroatoms. The van der Waals surface area contributed by atoms with Crippen molar-refractivity contribution in [3.63, 3.8) is 0 Å². The first-order valence-electron chi connectivity index (χ1n) is 10.5. The number of rotatable bonds is 6. The molecule has 0 atom stereocenters. The second kappa shape index (κ2) is 8.06. The third kappa shape index (κ3) is 3.93. The second-order valence-electron chi connectivity index (χ2n) is 8.93. The van der Waals surface area contributed by atoms with E-state index in [4.69, 9.17) is 5.10 Å². The zero-order valence-corrected chi connectivity index (χ0v) is 18.8. The van der Waals surface area contributed by atoms with Crippen LogP contribution in [0.4, 0.5) is 0 Å². The molecule has 0 aromatic carbocycles. The fraction of sp³-hybridized carbons (Fsp3) is 0.429. The summed E-state index contributed by atoms with van der Waals surface area (Å²) in [7, 11) is 0. The summed E-state index contributed by atoms with van der Waals surface area (Å²) in [6.45, 7) is 10.4. The number of H-pyrrole nitrogens is 1. The number of hydrogen-bond donors (Lipinski definition) is 2. The zero-order valence-electron chi connectivity index (χ0n) is 18.8. The summed E-state index contributed by atoms with van der Waals surface area (Å²) in [6.07, 6.45) is 8.32. The van der Waals surface area contributed by atoms with Crippen LogP contribution >= 0.6 is 0 Å². The Kier molecular flexibility index (Phi) is 5.41. The molecule has 2 N–H and O–H groups in total. The van der Waals surface area contributed by atoms with Crippen LogP contribution in [-0.4, -0.2) is 51.4 Å². The Labute approximate surface area is 184 Å². The van der Waals surface area contributed by atoms with Gasteiger partial charge in [0.05, 0.1) is 42.7 Å². The van der Waals surface area contributed by atoms with Crippen LogP contribution in [0.15, 0.2) is 35.9 Å². The number of aromatic amines is 1. The van der Waals surface area contributed by atoms with Gasteiger partial charge in [-0.15, -0.1) is 5.10 Å². The molecule has 4 heterocycles. The molecule has 0 radical (unpaired) electrons. The fourth-order valence-electron chi connectivity index (χ4n) is 3.35. The fourth-order valence-corrected chi connectivity index (χ4v) is 3.35. The first kappa shape index (κ1) is 21.5. The van der Waals surface area contributed by atoms with Gasteiger partial charge in [-0.25, -0.2) is 14.5 Å². The molecular weight excluding hydrogens is 410 g/mol. The normalized spacial score (nSPS) is 12.1. The molecule has 0 fully saturated rings. The highest BCUT2D eigenvalue weighted by Crippen LogP contribution is 2.22. The predicted octanol–water partition coefficient (Wildman–Crippen LogP) is 1.89. The summed E-state index contributed by atoms with van der Waals surface area (Å²) in [4.78, 5) is 36.7. The van der Waals surface area contributed by atoms with Crippen LogP contribution in [-0.2, 0) is 11.3 Å². The Morgan fingerprint density at radius 2 is 2.00 bits per heavy atom. The second-order valence-corrected chi connectivity index (χ2v) is 8.93. The van der Waals surface area contributed by atoms with Crippen molar-refractivity contribution in [3.05, 3.63) is 41.5 Å². The van der Waals surface area contributed by atoms with Gasteiger partial charge in [-0.1, -0.05) is 20.8 Å². The maximum atomic E-state index is 13.2. The van der Waals surface area contributed by atoms with Gasteiger partial charge in [0.25, 0.3) is 5.56 Å². The molecule has 32 heavy (non-hydrogen) atoms. The molecule has 0 saturated carbocycles. The van der Waals surface area contributed by atoms with Crippen molar-refractivity contribution in [1.82, 2.24) is 44.2 Å². The molecule has 0 unspecified atom stereocenters. The Morgan fingerprint density at radius 3 is 2.66 bits per heavy atom. The minimum atomic E-state index is -0.445. The summed E-state index contributed by atoms with van der Waals surface area (Å²) in [6, 6.07) is -0.128. The highest BCUT2D eigenvalue weighted by molar-refractivity contribution is 5.81. The van der Waals surface area contributed by atoms with Crippen molar-refractivity contribution in [3.8, 4) is 22.8 Å². The molecule has 4 aromatic heterocycles. The van der Waals surface area contributed by atoms with Crippen LogP contribution in [0.3, 0.4) is 0 Å². The van der Waals surface area contributed by atoms with Gasteiger partial charge in [-0.3, -0.25) is 18.8 Å². The molecule has 168 valence electrons. The van der Waals surface area contributed by atoms with E-state index in [1.807, 2.05) is 40.8 Å². The third-order valence-electron chi connectivity index (χ3n) is 5.06. The number of carbonyl (C=O) groups excluding carboxylic acids is 1. The Hall–Kier alpha value is -3.76. The summed E-state index contributed by atoms with van der Waals surface area (Å²) in [5.74, 6) is 0.471. The molecule has 4 aromatic rings. The third-order valence-corrected chi connectivity index (χ3v) is 5.06. The smallest absolute Gasteiger partial charge is 0.297 e. The molecule has 1 amide bonds. The molecule has 0 spiro atoms. The topological polar surface area (TPSA) is 128 Å². The molecule has 0 aliphatic carbocycles. The van der Waals surface area contributed by atoms with Gasteiger partial charge in [0, 0.05) is 24.2 Å². The minimum absolute atomic E-state index is 0.0166. The average Bonchev–Trinajstić information content (AvgIpc) is 3.46. The molecule has 0 bridgehead atoms. The van der Waals surface area contributed by atoms with Crippen molar-refractivity contribution in [2.75, 3.05) is 6.54 Å². The van der Waals surface area contributed by atoms with E-state index in [9.17, 15) is 9.59 Å². The zero-order chi connectivity index (χ0) is 23.0. The van der Waals surface area contributed by atoms with Crippen molar-refractivity contribution >= 4 is 11.6 Å². The van der Waals surface area contributed by atoms with E-state index >= 15 is 0 Å². The SMILES string of the molecule is CC(C)n1c(-c2cnn(CCNC(=O)C(C)(C)C)c2)nn2c(-c3cnc[nH]3)cnc2c1=O. The first-order valence-corrected chi connectivity index (χ1v) is 10.5. The van der Waals surface area contributed by atoms with E-state index in [0.717, 1.165) is 0 Å². The number of fused-ring (bicyclic) bond motifs is 1. The van der Waals surface area contributed by atoms with Crippen LogP contribution in [0.2, 0.25) is 0 Å². The van der Waals surface area contributed by atoms with Crippen LogP contribution in [0, 0.1) is 5.41 Å². The standard InChI is InChI=1S/C21H27N9O2/c1-13(2)29-17(14-8-26-28(11-14)7-6-23-20(32)21(3,4)5)27-30-16(15-9-22-12-25-15)10-24-18(30)19(29)31/h8-13H,6-7H2,1-5H3,(H,22,25)(H,23,32). The monoisotopic (exact) mass is 437 g/mol. The number of nitrogens with one attached hydrogen (secondary N) is 2. The molecule has 11 nitrogen and oxygen atoms in total. The van der Waals surface area contributed by atoms with Gasteiger partial charge in [-0.2, -0.15) is 5.10 Å². The summed E-state index contributed by atoms with van der Waals surface area (Å²) in [5.41, 5.74) is 1.61. The molecule has 0 saturated heterocycles. The predicted molar refractivity (Wildman–Crippen MR) is 119 cm³/mol. The minimum Gasteiger partial charge on any atom is -0.354 e. The van der Waals surface area contributed by atoms with E-state index in [1.165, 1.54) is 4.52 Å². The lowest BCUT2D eigenvalue weighted by Gasteiger charge is -2.17. The lowest BCUT2D eigenvalue weighted by molar-refractivity contribution is -0.128. The van der Waals surface area contributed by atoms with Gasteiger partial charge < -0.3 is 10.3 Å². The number of carbonyl (C=O) groups is 1. The van der Waals surface area contributed by atoms with Crippen LogP contribution in [0.1, 0.15) is 40.7 Å². The van der Waals surface area contributed by atoms with Gasteiger partial charge >= 0.3 is 0 Å². The van der Waals surface area contributed by atoms with Crippen LogP contribution in [0.25, 0.3) is 28.4 Å². The van der Waals surface area contributed by atoms with Crippen molar-refractivity contribution in [2.45, 2.75) is 47.2 Å². The Bertz CT molecular complexity index is 1300. The average molecular weight is 438 g/mol. The number of aromatic nitrogens is 8. The lowest BCUT2D eigenvalue weighted by Crippen LogP contribution is -2.36. The van der Waals surface area contributed by atoms with Gasteiger partial charge in [0.15, 0.2) is 5.82 Å². The van der Waals surface area contributed by atoms with E-state index in [-0.39, 0.29) is 23.2 Å². The van der Waals surface area contributed by atoms with Crippen molar-refractivity contribution < 1.29 is 4.79 Å². The van der Waals surface area contributed by atoms with E-state index < -0.39 is 5.41 Å². The quantitative estimate of drug-likeness (QED) is 0.474. The largest absolute Gasteiger partial charge is 0.354 e. The summed E-state index contributed by atoms with van der Waals surface area (Å²) < 4.78 is 4.87. The van der Waals surface area contributed by atoms with Gasteiger partial charge in [0.1, 0.15) is 5.69 Å². The summed E-state index contributed by atoms with van der Waals surface area (Å²) >= 11 is 0. The van der Waals surface area contributed by atoms with Crippen molar-refractivity contribution in [1.29, 1.82) is 0 Å². The molecule has 0 aliphatic rings. The lowest BCUT2D eigenvalue weighted by atomic mass is 9.96. The van der Waals surface area contributed by atoms with Gasteiger partial charge in [0.2, 0.25) is 11.6 Å². The van der Waals surface area contributed by atoms with E-state index in [0.29, 0.717) is 35.9 Å². The highest BCUT2D eigenvalue weighted by atomic mass is 16.2. The number of imidazole rings is 2. The van der Waals surface area contributed by atoms with E-state index in [2.05, 4.69) is 25.4 Å². The summed E-state index contributed by atoms with van der Waals surface area (Å²) in [5, 5.41) is 12.0. The van der Waals surface area contributed by atoms with Gasteiger partial charge in [-0.05, 0) is 13.8 Å². The number of amides is 1.